The number of amides is 1. The molecule has 1 aliphatic rings. The molecule has 1 aromatic rings. The molecule has 0 unspecified atom stereocenters. The first-order chi connectivity index (χ1) is 11.2. The van der Waals surface area contributed by atoms with Gasteiger partial charge in [-0.2, -0.15) is 0 Å². The second kappa shape index (κ2) is 7.91. The van der Waals surface area contributed by atoms with Crippen molar-refractivity contribution in [1.29, 1.82) is 0 Å². The highest BCUT2D eigenvalue weighted by Crippen LogP contribution is 2.31. The van der Waals surface area contributed by atoms with Crippen molar-refractivity contribution in [2.75, 3.05) is 29.9 Å². The van der Waals surface area contributed by atoms with Gasteiger partial charge in [0.15, 0.2) is 0 Å². The van der Waals surface area contributed by atoms with Crippen molar-refractivity contribution >= 4 is 50.5 Å². The van der Waals surface area contributed by atoms with Gasteiger partial charge in [-0.1, -0.05) is 30.1 Å². The van der Waals surface area contributed by atoms with Gasteiger partial charge in [0, 0.05) is 18.8 Å². The quantitative estimate of drug-likeness (QED) is 0.751. The number of benzene rings is 1. The minimum absolute atomic E-state index is 0.102. The second-order valence-corrected chi connectivity index (χ2v) is 8.76. The van der Waals surface area contributed by atoms with E-state index in [4.69, 9.17) is 28.9 Å². The topological polar surface area (TPSA) is 92.5 Å². The molecule has 1 aliphatic heterocycles. The highest BCUT2D eigenvalue weighted by Gasteiger charge is 2.31. The smallest absolute Gasteiger partial charge is 0.228 e. The van der Waals surface area contributed by atoms with Crippen LogP contribution in [0.2, 0.25) is 10.0 Å². The summed E-state index contributed by atoms with van der Waals surface area (Å²) in [4.78, 5) is 12.5. The van der Waals surface area contributed by atoms with E-state index in [1.165, 1.54) is 16.4 Å². The van der Waals surface area contributed by atoms with Gasteiger partial charge < -0.3 is 11.1 Å². The molecule has 3 N–H and O–H groups in total. The maximum absolute atomic E-state index is 12.5. The molecule has 134 valence electrons. The van der Waals surface area contributed by atoms with E-state index in [0.29, 0.717) is 31.5 Å². The van der Waals surface area contributed by atoms with Crippen LogP contribution in [0.1, 0.15) is 26.2 Å². The molecule has 24 heavy (non-hydrogen) atoms. The molecule has 1 aromatic carbocycles. The molecule has 9 heteroatoms. The van der Waals surface area contributed by atoms with Gasteiger partial charge in [0.2, 0.25) is 15.9 Å². The average Bonchev–Trinajstić information content (AvgIpc) is 2.52. The molecule has 1 amide bonds. The van der Waals surface area contributed by atoms with Crippen molar-refractivity contribution in [3.8, 4) is 0 Å². The highest BCUT2D eigenvalue weighted by atomic mass is 35.5. The Kier molecular flexibility index (Phi) is 6.36. The summed E-state index contributed by atoms with van der Waals surface area (Å²) in [6.07, 6.45) is 1.85. The van der Waals surface area contributed by atoms with E-state index < -0.39 is 15.9 Å². The number of nitrogen functional groups attached to an aromatic ring is 1. The molecule has 1 atom stereocenters. The first kappa shape index (κ1) is 19.3. The van der Waals surface area contributed by atoms with Crippen LogP contribution in [0.4, 0.5) is 11.4 Å². The number of halogens is 2. The van der Waals surface area contributed by atoms with Crippen LogP contribution in [-0.2, 0) is 14.8 Å². The standard InChI is InChI=1S/C15H21Cl2N3O3S/c1-2-6-24(22,23)20-5-3-4-10(9-20)15(21)19-11-7-12(16)14(18)13(17)8-11/h7-8,10H,2-6,9,18H2,1H3,(H,19,21)/t10-/m1/s1. The van der Waals surface area contributed by atoms with Crippen molar-refractivity contribution in [1.82, 2.24) is 4.31 Å². The van der Waals surface area contributed by atoms with Crippen molar-refractivity contribution < 1.29 is 13.2 Å². The molecule has 0 aliphatic carbocycles. The van der Waals surface area contributed by atoms with Crippen LogP contribution < -0.4 is 11.1 Å². The maximum Gasteiger partial charge on any atom is 0.228 e. The zero-order valence-corrected chi connectivity index (χ0v) is 15.7. The van der Waals surface area contributed by atoms with Gasteiger partial charge in [0.25, 0.3) is 0 Å². The molecular formula is C15H21Cl2N3O3S. The Hall–Kier alpha value is -1.02. The summed E-state index contributed by atoms with van der Waals surface area (Å²) >= 11 is 11.9. The number of hydrogen-bond donors (Lipinski definition) is 2. The summed E-state index contributed by atoms with van der Waals surface area (Å²) in [6, 6.07) is 3.05. The van der Waals surface area contributed by atoms with Gasteiger partial charge in [-0.25, -0.2) is 12.7 Å². The molecule has 0 spiro atoms. The van der Waals surface area contributed by atoms with E-state index in [-0.39, 0.29) is 33.9 Å². The molecule has 2 rings (SSSR count). The number of piperidine rings is 1. The van der Waals surface area contributed by atoms with E-state index >= 15 is 0 Å². The van der Waals surface area contributed by atoms with Crippen LogP contribution in [0.3, 0.4) is 0 Å². The predicted octanol–water partition coefficient (Wildman–Crippen LogP) is 2.97. The lowest BCUT2D eigenvalue weighted by molar-refractivity contribution is -0.120. The summed E-state index contributed by atoms with van der Waals surface area (Å²) in [6.45, 7) is 2.48. The summed E-state index contributed by atoms with van der Waals surface area (Å²) in [5, 5.41) is 3.26. The van der Waals surface area contributed by atoms with E-state index in [0.717, 1.165) is 0 Å². The number of hydrogen-bond acceptors (Lipinski definition) is 4. The van der Waals surface area contributed by atoms with Gasteiger partial charge in [0.05, 0.1) is 27.4 Å². The van der Waals surface area contributed by atoms with Crippen LogP contribution in [0, 0.1) is 5.92 Å². The van der Waals surface area contributed by atoms with E-state index in [9.17, 15) is 13.2 Å². The lowest BCUT2D eigenvalue weighted by atomic mass is 9.98. The minimum atomic E-state index is -3.30. The number of sulfonamides is 1. The minimum Gasteiger partial charge on any atom is -0.396 e. The Morgan fingerprint density at radius 2 is 2.00 bits per heavy atom. The van der Waals surface area contributed by atoms with Crippen LogP contribution in [0.25, 0.3) is 0 Å². The Morgan fingerprint density at radius 1 is 1.38 bits per heavy atom. The fourth-order valence-corrected chi connectivity index (χ4v) is 4.77. The summed E-state index contributed by atoms with van der Waals surface area (Å²) in [5.41, 5.74) is 6.37. The number of nitrogens with one attached hydrogen (secondary N) is 1. The number of nitrogens with two attached hydrogens (primary N) is 1. The zero-order chi connectivity index (χ0) is 17.9. The normalized spacial score (nSPS) is 19.2. The maximum atomic E-state index is 12.5. The predicted molar refractivity (Wildman–Crippen MR) is 97.9 cm³/mol. The second-order valence-electron chi connectivity index (χ2n) is 5.86. The fourth-order valence-electron chi connectivity index (χ4n) is 2.70. The number of rotatable bonds is 5. The molecule has 6 nitrogen and oxygen atoms in total. The first-order valence-electron chi connectivity index (χ1n) is 7.77. The van der Waals surface area contributed by atoms with Crippen LogP contribution >= 0.6 is 23.2 Å². The Balaban J connectivity index is 2.07. The van der Waals surface area contributed by atoms with Gasteiger partial charge in [0.1, 0.15) is 0 Å². The molecular weight excluding hydrogens is 373 g/mol. The lowest BCUT2D eigenvalue weighted by Gasteiger charge is -2.31. The highest BCUT2D eigenvalue weighted by molar-refractivity contribution is 7.89. The molecule has 0 bridgehead atoms. The Morgan fingerprint density at radius 3 is 2.58 bits per heavy atom. The third-order valence-corrected chi connectivity index (χ3v) is 6.62. The summed E-state index contributed by atoms with van der Waals surface area (Å²) in [5.74, 6) is -0.548. The Bertz CT molecular complexity index is 702. The van der Waals surface area contributed by atoms with Crippen molar-refractivity contribution in [2.45, 2.75) is 26.2 Å². The number of nitrogens with zero attached hydrogens (tertiary/aromatic N) is 1. The van der Waals surface area contributed by atoms with E-state index in [2.05, 4.69) is 5.32 Å². The summed E-state index contributed by atoms with van der Waals surface area (Å²) < 4.78 is 25.8. The average molecular weight is 394 g/mol. The number of carbonyl (C=O) groups is 1. The number of anilines is 2. The molecule has 1 saturated heterocycles. The van der Waals surface area contributed by atoms with Crippen molar-refractivity contribution in [3.05, 3.63) is 22.2 Å². The molecule has 0 radical (unpaired) electrons. The monoisotopic (exact) mass is 393 g/mol. The van der Waals surface area contributed by atoms with E-state index in [1.807, 2.05) is 6.92 Å². The van der Waals surface area contributed by atoms with Crippen LogP contribution in [0.5, 0.6) is 0 Å². The molecule has 1 heterocycles. The third kappa shape index (κ3) is 4.53. The third-order valence-electron chi connectivity index (χ3n) is 3.96. The van der Waals surface area contributed by atoms with Gasteiger partial charge in [-0.05, 0) is 31.4 Å². The zero-order valence-electron chi connectivity index (χ0n) is 13.4. The van der Waals surface area contributed by atoms with Crippen LogP contribution in [0.15, 0.2) is 12.1 Å². The van der Waals surface area contributed by atoms with Crippen molar-refractivity contribution in [2.24, 2.45) is 5.92 Å². The van der Waals surface area contributed by atoms with Gasteiger partial charge in [-0.15, -0.1) is 0 Å². The molecule has 1 fully saturated rings. The Labute approximate surface area is 152 Å². The fraction of sp³-hybridized carbons (Fsp3) is 0.533. The molecule has 0 aromatic heterocycles. The van der Waals surface area contributed by atoms with E-state index in [1.54, 1.807) is 0 Å². The largest absolute Gasteiger partial charge is 0.396 e. The lowest BCUT2D eigenvalue weighted by Crippen LogP contribution is -2.44. The summed E-state index contributed by atoms with van der Waals surface area (Å²) in [7, 11) is -3.30. The number of carbonyl (C=O) groups excluding carboxylic acids is 1. The van der Waals surface area contributed by atoms with Crippen molar-refractivity contribution in [3.63, 3.8) is 0 Å². The van der Waals surface area contributed by atoms with Gasteiger partial charge in [-0.3, -0.25) is 4.79 Å². The SMILES string of the molecule is CCCS(=O)(=O)N1CCC[C@@H](C(=O)Nc2cc(Cl)c(N)c(Cl)c2)C1. The van der Waals surface area contributed by atoms with Crippen LogP contribution in [-0.4, -0.2) is 37.5 Å². The first-order valence-corrected chi connectivity index (χ1v) is 10.1. The van der Waals surface area contributed by atoms with Gasteiger partial charge >= 0.3 is 0 Å². The molecule has 0 saturated carbocycles.